The molecule has 0 radical (unpaired) electrons. The monoisotopic (exact) mass is 237 g/mol. The second-order valence-corrected chi connectivity index (χ2v) is 4.58. The van der Waals surface area contributed by atoms with Crippen LogP contribution in [0.3, 0.4) is 0 Å². The highest BCUT2D eigenvalue weighted by atomic mass is 32.1. The predicted molar refractivity (Wildman–Crippen MR) is 67.0 cm³/mol. The molecule has 0 aliphatic heterocycles. The van der Waals surface area contributed by atoms with Crippen LogP contribution in [0, 0.1) is 0 Å². The number of hydrogen-bond donors (Lipinski definition) is 1. The fourth-order valence-corrected chi connectivity index (χ4v) is 2.24. The van der Waals surface area contributed by atoms with E-state index in [1.807, 2.05) is 11.4 Å². The van der Waals surface area contributed by atoms with Gasteiger partial charge < -0.3 is 10.1 Å². The standard InChI is InChI=1S/C11H15N3OS/c1-8(3-5-15-2)14-10-9-4-6-16-11(9)13-7-12-10/h4,6-8H,3,5H2,1-2H3,(H,12,13,14). The summed E-state index contributed by atoms with van der Waals surface area (Å²) < 4.78 is 5.05. The molecule has 0 saturated carbocycles. The van der Waals surface area contributed by atoms with Gasteiger partial charge >= 0.3 is 0 Å². The summed E-state index contributed by atoms with van der Waals surface area (Å²) in [7, 11) is 1.72. The molecule has 0 saturated heterocycles. The molecule has 16 heavy (non-hydrogen) atoms. The highest BCUT2D eigenvalue weighted by molar-refractivity contribution is 7.16. The van der Waals surface area contributed by atoms with Crippen molar-refractivity contribution in [1.29, 1.82) is 0 Å². The van der Waals surface area contributed by atoms with E-state index in [4.69, 9.17) is 4.74 Å². The van der Waals surface area contributed by atoms with E-state index < -0.39 is 0 Å². The summed E-state index contributed by atoms with van der Waals surface area (Å²) in [6, 6.07) is 2.39. The molecule has 1 N–H and O–H groups in total. The Hall–Kier alpha value is -1.20. The number of thiophene rings is 1. The smallest absolute Gasteiger partial charge is 0.138 e. The number of rotatable bonds is 5. The Morgan fingerprint density at radius 2 is 2.38 bits per heavy atom. The maximum atomic E-state index is 5.05. The first-order chi connectivity index (χ1) is 7.81. The van der Waals surface area contributed by atoms with E-state index in [1.165, 1.54) is 0 Å². The quantitative estimate of drug-likeness (QED) is 0.868. The first-order valence-corrected chi connectivity index (χ1v) is 6.13. The van der Waals surface area contributed by atoms with E-state index in [9.17, 15) is 0 Å². The molecular formula is C11H15N3OS. The summed E-state index contributed by atoms with van der Waals surface area (Å²) in [6.07, 6.45) is 2.57. The number of hydrogen-bond acceptors (Lipinski definition) is 5. The summed E-state index contributed by atoms with van der Waals surface area (Å²) in [6.45, 7) is 2.88. The zero-order valence-corrected chi connectivity index (χ0v) is 10.3. The van der Waals surface area contributed by atoms with Gasteiger partial charge in [0, 0.05) is 19.8 Å². The SMILES string of the molecule is COCCC(C)Nc1ncnc2sccc12. The van der Waals surface area contributed by atoms with Crippen molar-refractivity contribution >= 4 is 27.4 Å². The molecule has 0 fully saturated rings. The van der Waals surface area contributed by atoms with Crippen molar-refractivity contribution in [3.05, 3.63) is 17.8 Å². The summed E-state index contributed by atoms with van der Waals surface area (Å²) in [5, 5.41) is 6.51. The molecule has 0 aliphatic rings. The Labute approximate surface area is 98.7 Å². The van der Waals surface area contributed by atoms with Crippen molar-refractivity contribution in [3.8, 4) is 0 Å². The molecule has 5 heteroatoms. The summed E-state index contributed by atoms with van der Waals surface area (Å²) in [4.78, 5) is 9.51. The largest absolute Gasteiger partial charge is 0.385 e. The zero-order valence-electron chi connectivity index (χ0n) is 9.43. The highest BCUT2D eigenvalue weighted by Crippen LogP contribution is 2.24. The minimum absolute atomic E-state index is 0.345. The Morgan fingerprint density at radius 3 is 3.19 bits per heavy atom. The Balaban J connectivity index is 2.11. The number of fused-ring (bicyclic) bond motifs is 1. The van der Waals surface area contributed by atoms with Gasteiger partial charge in [-0.15, -0.1) is 11.3 Å². The molecule has 86 valence electrons. The van der Waals surface area contributed by atoms with Gasteiger partial charge in [-0.05, 0) is 24.8 Å². The average Bonchev–Trinajstić information content (AvgIpc) is 2.75. The van der Waals surface area contributed by atoms with E-state index >= 15 is 0 Å². The van der Waals surface area contributed by atoms with Gasteiger partial charge in [0.25, 0.3) is 0 Å². The molecule has 0 amide bonds. The molecule has 4 nitrogen and oxygen atoms in total. The maximum absolute atomic E-state index is 5.05. The molecule has 2 heterocycles. The maximum Gasteiger partial charge on any atom is 0.138 e. The van der Waals surface area contributed by atoms with Crippen LogP contribution in [-0.2, 0) is 4.74 Å². The third-order valence-corrected chi connectivity index (χ3v) is 3.22. The average molecular weight is 237 g/mol. The van der Waals surface area contributed by atoms with Crippen LogP contribution in [0.4, 0.5) is 5.82 Å². The lowest BCUT2D eigenvalue weighted by atomic mass is 10.2. The minimum atomic E-state index is 0.345. The van der Waals surface area contributed by atoms with Gasteiger partial charge in [0.2, 0.25) is 0 Å². The molecular weight excluding hydrogens is 222 g/mol. The van der Waals surface area contributed by atoms with Gasteiger partial charge in [0.1, 0.15) is 17.0 Å². The van der Waals surface area contributed by atoms with Crippen LogP contribution in [0.25, 0.3) is 10.2 Å². The van der Waals surface area contributed by atoms with Crippen molar-refractivity contribution in [2.24, 2.45) is 0 Å². The second-order valence-electron chi connectivity index (χ2n) is 3.69. The molecule has 0 aliphatic carbocycles. The van der Waals surface area contributed by atoms with Crippen molar-refractivity contribution in [1.82, 2.24) is 9.97 Å². The van der Waals surface area contributed by atoms with Crippen LogP contribution in [0.5, 0.6) is 0 Å². The summed E-state index contributed by atoms with van der Waals surface area (Å²) in [5.74, 6) is 0.912. The van der Waals surface area contributed by atoms with Crippen LogP contribution in [0.2, 0.25) is 0 Å². The zero-order chi connectivity index (χ0) is 11.4. The van der Waals surface area contributed by atoms with Crippen molar-refractivity contribution in [3.63, 3.8) is 0 Å². The Morgan fingerprint density at radius 1 is 1.50 bits per heavy atom. The number of methoxy groups -OCH3 is 1. The molecule has 1 atom stereocenters. The molecule has 0 aromatic carbocycles. The summed E-state index contributed by atoms with van der Waals surface area (Å²) >= 11 is 1.63. The van der Waals surface area contributed by atoms with Gasteiger partial charge in [0.05, 0.1) is 5.39 Å². The van der Waals surface area contributed by atoms with Crippen LogP contribution in [-0.4, -0.2) is 29.7 Å². The van der Waals surface area contributed by atoms with Crippen molar-refractivity contribution in [2.75, 3.05) is 19.0 Å². The Kier molecular flexibility index (Phi) is 3.69. The highest BCUT2D eigenvalue weighted by Gasteiger charge is 2.07. The van der Waals surface area contributed by atoms with Crippen LogP contribution in [0.1, 0.15) is 13.3 Å². The summed E-state index contributed by atoms with van der Waals surface area (Å²) in [5.41, 5.74) is 0. The lowest BCUT2D eigenvalue weighted by molar-refractivity contribution is 0.191. The van der Waals surface area contributed by atoms with E-state index in [0.717, 1.165) is 29.1 Å². The van der Waals surface area contributed by atoms with Crippen LogP contribution in [0.15, 0.2) is 17.8 Å². The van der Waals surface area contributed by atoms with E-state index in [1.54, 1.807) is 24.8 Å². The number of ether oxygens (including phenoxy) is 1. The fraction of sp³-hybridized carbons (Fsp3) is 0.455. The Bertz CT molecular complexity index is 457. The molecule has 2 aromatic heterocycles. The number of aromatic nitrogens is 2. The van der Waals surface area contributed by atoms with Gasteiger partial charge in [-0.25, -0.2) is 9.97 Å². The van der Waals surface area contributed by atoms with E-state index in [-0.39, 0.29) is 0 Å². The van der Waals surface area contributed by atoms with Gasteiger partial charge in [-0.3, -0.25) is 0 Å². The molecule has 0 spiro atoms. The topological polar surface area (TPSA) is 47.0 Å². The second kappa shape index (κ2) is 5.23. The number of anilines is 1. The number of nitrogens with one attached hydrogen (secondary N) is 1. The van der Waals surface area contributed by atoms with E-state index in [0.29, 0.717) is 6.04 Å². The molecule has 1 unspecified atom stereocenters. The third kappa shape index (κ3) is 2.48. The van der Waals surface area contributed by atoms with Crippen molar-refractivity contribution in [2.45, 2.75) is 19.4 Å². The molecule has 2 aromatic rings. The molecule has 2 rings (SSSR count). The van der Waals surface area contributed by atoms with Crippen LogP contribution < -0.4 is 5.32 Å². The van der Waals surface area contributed by atoms with Crippen molar-refractivity contribution < 1.29 is 4.74 Å². The van der Waals surface area contributed by atoms with Gasteiger partial charge in [-0.2, -0.15) is 0 Å². The third-order valence-electron chi connectivity index (χ3n) is 2.40. The predicted octanol–water partition coefficient (Wildman–Crippen LogP) is 2.53. The lowest BCUT2D eigenvalue weighted by Gasteiger charge is -2.14. The fourth-order valence-electron chi connectivity index (χ4n) is 1.51. The van der Waals surface area contributed by atoms with E-state index in [2.05, 4.69) is 22.2 Å². The van der Waals surface area contributed by atoms with Gasteiger partial charge in [-0.1, -0.05) is 0 Å². The first-order valence-electron chi connectivity index (χ1n) is 5.25. The van der Waals surface area contributed by atoms with Crippen LogP contribution >= 0.6 is 11.3 Å². The normalized spacial score (nSPS) is 12.9. The van der Waals surface area contributed by atoms with Gasteiger partial charge in [0.15, 0.2) is 0 Å². The number of nitrogens with zero attached hydrogens (tertiary/aromatic N) is 2. The molecule has 0 bridgehead atoms. The lowest BCUT2D eigenvalue weighted by Crippen LogP contribution is -2.18. The minimum Gasteiger partial charge on any atom is -0.385 e. The first kappa shape index (κ1) is 11.3.